The summed E-state index contributed by atoms with van der Waals surface area (Å²) in [5.41, 5.74) is 2.51. The van der Waals surface area contributed by atoms with E-state index in [9.17, 15) is 0 Å². The maximum atomic E-state index is 8.89. The first-order valence-electron chi connectivity index (χ1n) is 6.22. The summed E-state index contributed by atoms with van der Waals surface area (Å²) in [6.07, 6.45) is 0. The molecule has 2 aromatic rings. The molecule has 0 saturated carbocycles. The van der Waals surface area contributed by atoms with Gasteiger partial charge in [0.05, 0.1) is 23.8 Å². The van der Waals surface area contributed by atoms with Crippen LogP contribution in [0.2, 0.25) is 5.02 Å². The number of ether oxygens (including phenoxy) is 2. The molecule has 0 spiro atoms. The summed E-state index contributed by atoms with van der Waals surface area (Å²) < 4.78 is 11.1. The minimum absolute atomic E-state index is 0.319. The third-order valence-corrected chi connectivity index (χ3v) is 3.81. The van der Waals surface area contributed by atoms with E-state index in [-0.39, 0.29) is 0 Å². The van der Waals surface area contributed by atoms with Crippen LogP contribution >= 0.6 is 27.5 Å². The van der Waals surface area contributed by atoms with E-state index >= 15 is 0 Å². The molecule has 3 nitrogen and oxygen atoms in total. The molecule has 2 rings (SSSR count). The predicted octanol–water partition coefficient (Wildman–Crippen LogP) is 4.69. The predicted molar refractivity (Wildman–Crippen MR) is 86.1 cm³/mol. The van der Waals surface area contributed by atoms with Gasteiger partial charge in [-0.1, -0.05) is 39.7 Å². The number of hydrogen-bond acceptors (Lipinski definition) is 3. The Morgan fingerprint density at radius 2 is 2.05 bits per heavy atom. The summed E-state index contributed by atoms with van der Waals surface area (Å²) in [5, 5.41) is 10.1. The minimum atomic E-state index is 0.319. The second-order valence-corrected chi connectivity index (χ2v) is 5.31. The molecule has 0 heterocycles. The molecule has 0 unspecified atom stereocenters. The fraction of sp³-hybridized carbons (Fsp3) is 0.188. The highest BCUT2D eigenvalue weighted by molar-refractivity contribution is 9.08. The van der Waals surface area contributed by atoms with Gasteiger partial charge in [-0.3, -0.25) is 0 Å². The molecule has 0 amide bonds. The number of methoxy groups -OCH3 is 1. The minimum Gasteiger partial charge on any atom is -0.493 e. The van der Waals surface area contributed by atoms with Crippen molar-refractivity contribution in [2.75, 3.05) is 7.11 Å². The number of rotatable bonds is 5. The number of alkyl halides is 1. The molecule has 0 saturated heterocycles. The second-order valence-electron chi connectivity index (χ2n) is 4.34. The maximum absolute atomic E-state index is 8.89. The van der Waals surface area contributed by atoms with Gasteiger partial charge in [-0.25, -0.2) is 0 Å². The number of hydrogen-bond donors (Lipinski definition) is 0. The van der Waals surface area contributed by atoms with Gasteiger partial charge in [0.2, 0.25) is 0 Å². The molecule has 0 atom stereocenters. The summed E-state index contributed by atoms with van der Waals surface area (Å²) in [5.74, 6) is 1.10. The first kappa shape index (κ1) is 15.7. The zero-order valence-electron chi connectivity index (χ0n) is 11.4. The van der Waals surface area contributed by atoms with Crippen LogP contribution in [-0.4, -0.2) is 7.11 Å². The van der Waals surface area contributed by atoms with Gasteiger partial charge < -0.3 is 9.47 Å². The molecule has 2 aromatic carbocycles. The molecule has 21 heavy (non-hydrogen) atoms. The van der Waals surface area contributed by atoms with E-state index in [0.29, 0.717) is 34.0 Å². The molecular formula is C16H13BrClNO2. The Balaban J connectivity index is 2.21. The zero-order chi connectivity index (χ0) is 15.2. The summed E-state index contributed by atoms with van der Waals surface area (Å²) in [6, 6.07) is 13.1. The van der Waals surface area contributed by atoms with E-state index in [0.717, 1.165) is 11.1 Å². The van der Waals surface area contributed by atoms with E-state index in [1.54, 1.807) is 19.2 Å². The quantitative estimate of drug-likeness (QED) is 0.721. The molecular weight excluding hydrogens is 354 g/mol. The molecule has 5 heteroatoms. The third-order valence-electron chi connectivity index (χ3n) is 2.88. The van der Waals surface area contributed by atoms with Crippen LogP contribution < -0.4 is 9.47 Å². The summed E-state index contributed by atoms with van der Waals surface area (Å²) in [4.78, 5) is 0. The highest BCUT2D eigenvalue weighted by Crippen LogP contribution is 2.37. The molecule has 0 N–H and O–H groups in total. The van der Waals surface area contributed by atoms with Gasteiger partial charge in [-0.15, -0.1) is 0 Å². The molecule has 0 fully saturated rings. The SMILES string of the molecule is COc1cc(CBr)cc(Cl)c1OCc1cccc(C#N)c1. The Kier molecular flexibility index (Phi) is 5.49. The average Bonchev–Trinajstić information content (AvgIpc) is 2.53. The van der Waals surface area contributed by atoms with Gasteiger partial charge in [-0.2, -0.15) is 5.26 Å². The smallest absolute Gasteiger partial charge is 0.180 e. The Morgan fingerprint density at radius 3 is 2.71 bits per heavy atom. The summed E-state index contributed by atoms with van der Waals surface area (Å²) in [6.45, 7) is 0.319. The van der Waals surface area contributed by atoms with Crippen molar-refractivity contribution >= 4 is 27.5 Å². The fourth-order valence-electron chi connectivity index (χ4n) is 1.88. The van der Waals surface area contributed by atoms with E-state index in [1.807, 2.05) is 24.3 Å². The second kappa shape index (κ2) is 7.35. The monoisotopic (exact) mass is 365 g/mol. The molecule has 0 aliphatic heterocycles. The maximum Gasteiger partial charge on any atom is 0.180 e. The van der Waals surface area contributed by atoms with Crippen LogP contribution in [0.1, 0.15) is 16.7 Å². The van der Waals surface area contributed by atoms with Gasteiger partial charge in [-0.05, 0) is 35.4 Å². The standard InChI is InChI=1S/C16H13BrClNO2/c1-20-15-7-13(8-17)6-14(18)16(15)21-10-12-4-2-3-11(5-12)9-19/h2-7H,8,10H2,1H3. The van der Waals surface area contributed by atoms with Gasteiger partial charge in [0, 0.05) is 5.33 Å². The van der Waals surface area contributed by atoms with Crippen molar-refractivity contribution in [1.29, 1.82) is 5.26 Å². The lowest BCUT2D eigenvalue weighted by molar-refractivity contribution is 0.284. The molecule has 0 aromatic heterocycles. The van der Waals surface area contributed by atoms with Crippen molar-refractivity contribution in [3.8, 4) is 17.6 Å². The molecule has 108 valence electrons. The van der Waals surface area contributed by atoms with Crippen LogP contribution in [-0.2, 0) is 11.9 Å². The van der Waals surface area contributed by atoms with Gasteiger partial charge in [0.1, 0.15) is 6.61 Å². The summed E-state index contributed by atoms with van der Waals surface area (Å²) >= 11 is 9.62. The normalized spacial score (nSPS) is 10.0. The zero-order valence-corrected chi connectivity index (χ0v) is 13.7. The molecule has 0 radical (unpaired) electrons. The summed E-state index contributed by atoms with van der Waals surface area (Å²) in [7, 11) is 1.58. The van der Waals surface area contributed by atoms with Crippen LogP contribution in [0.4, 0.5) is 0 Å². The Labute approximate surface area is 137 Å². The number of benzene rings is 2. The van der Waals surface area contributed by atoms with Crippen molar-refractivity contribution < 1.29 is 9.47 Å². The van der Waals surface area contributed by atoms with E-state index in [4.69, 9.17) is 26.3 Å². The third kappa shape index (κ3) is 3.90. The van der Waals surface area contributed by atoms with Crippen LogP contribution in [0.3, 0.4) is 0 Å². The van der Waals surface area contributed by atoms with Crippen molar-refractivity contribution in [2.24, 2.45) is 0 Å². The lowest BCUT2D eigenvalue weighted by atomic mass is 10.1. The average molecular weight is 367 g/mol. The Hall–Kier alpha value is -1.70. The van der Waals surface area contributed by atoms with Crippen molar-refractivity contribution in [3.05, 3.63) is 58.1 Å². The van der Waals surface area contributed by atoms with Gasteiger partial charge >= 0.3 is 0 Å². The molecule has 0 aliphatic carbocycles. The van der Waals surface area contributed by atoms with E-state index < -0.39 is 0 Å². The first-order valence-corrected chi connectivity index (χ1v) is 7.72. The van der Waals surface area contributed by atoms with Gasteiger partial charge in [0.15, 0.2) is 11.5 Å². The molecule has 0 bridgehead atoms. The fourth-order valence-corrected chi connectivity index (χ4v) is 2.49. The Morgan fingerprint density at radius 1 is 1.24 bits per heavy atom. The van der Waals surface area contributed by atoms with Crippen LogP contribution in [0, 0.1) is 11.3 Å². The lowest BCUT2D eigenvalue weighted by Gasteiger charge is -2.13. The topological polar surface area (TPSA) is 42.2 Å². The van der Waals surface area contributed by atoms with E-state index in [2.05, 4.69) is 22.0 Å². The van der Waals surface area contributed by atoms with Crippen LogP contribution in [0.5, 0.6) is 11.5 Å². The van der Waals surface area contributed by atoms with E-state index in [1.165, 1.54) is 0 Å². The highest BCUT2D eigenvalue weighted by Gasteiger charge is 2.12. The van der Waals surface area contributed by atoms with Crippen molar-refractivity contribution in [3.63, 3.8) is 0 Å². The number of nitriles is 1. The first-order chi connectivity index (χ1) is 10.2. The molecule has 0 aliphatic rings. The Bertz CT molecular complexity index is 682. The van der Waals surface area contributed by atoms with Crippen LogP contribution in [0.15, 0.2) is 36.4 Å². The number of halogens is 2. The highest BCUT2D eigenvalue weighted by atomic mass is 79.9. The van der Waals surface area contributed by atoms with Crippen molar-refractivity contribution in [1.82, 2.24) is 0 Å². The van der Waals surface area contributed by atoms with Crippen molar-refractivity contribution in [2.45, 2.75) is 11.9 Å². The number of nitrogens with zero attached hydrogens (tertiary/aromatic N) is 1. The lowest BCUT2D eigenvalue weighted by Crippen LogP contribution is -1.99. The van der Waals surface area contributed by atoms with Crippen LogP contribution in [0.25, 0.3) is 0 Å². The van der Waals surface area contributed by atoms with Gasteiger partial charge in [0.25, 0.3) is 0 Å². The largest absolute Gasteiger partial charge is 0.493 e.